The summed E-state index contributed by atoms with van der Waals surface area (Å²) in [5.41, 5.74) is 1.67. The third-order valence-electron chi connectivity index (χ3n) is 2.34. The molecule has 0 N–H and O–H groups in total. The van der Waals surface area contributed by atoms with Gasteiger partial charge in [-0.15, -0.1) is 0 Å². The zero-order valence-electron chi connectivity index (χ0n) is 7.77. The highest BCUT2D eigenvalue weighted by Crippen LogP contribution is 2.23. The number of carbonyl (C=O) groups is 1. The maximum atomic E-state index is 11.7. The third kappa shape index (κ3) is 1.41. The Labute approximate surface area is 86.9 Å². The van der Waals surface area contributed by atoms with Gasteiger partial charge in [0.15, 0.2) is 5.78 Å². The number of nitriles is 2. The zero-order valence-corrected chi connectivity index (χ0v) is 7.77. The highest BCUT2D eigenvalue weighted by Gasteiger charge is 2.23. The molecule has 0 radical (unpaired) electrons. The number of nitrogens with zero attached hydrogens (tertiary/aromatic N) is 2. The molecular formula is C12H6N2O. The Bertz CT molecular complexity index is 544. The second-order valence-electron chi connectivity index (χ2n) is 3.24. The van der Waals surface area contributed by atoms with Crippen molar-refractivity contribution in [1.29, 1.82) is 10.5 Å². The van der Waals surface area contributed by atoms with Gasteiger partial charge in [-0.05, 0) is 17.7 Å². The molecule has 0 amide bonds. The van der Waals surface area contributed by atoms with Gasteiger partial charge in [0.05, 0.1) is 17.7 Å². The number of ketones is 1. The molecule has 1 atom stereocenters. The van der Waals surface area contributed by atoms with Crippen LogP contribution in [0.2, 0.25) is 0 Å². The van der Waals surface area contributed by atoms with Crippen molar-refractivity contribution in [3.8, 4) is 12.1 Å². The van der Waals surface area contributed by atoms with E-state index in [4.69, 9.17) is 10.5 Å². The van der Waals surface area contributed by atoms with Gasteiger partial charge >= 0.3 is 0 Å². The lowest BCUT2D eigenvalue weighted by Gasteiger charge is -2.12. The number of rotatable bonds is 0. The van der Waals surface area contributed by atoms with Crippen molar-refractivity contribution in [1.82, 2.24) is 0 Å². The molecule has 1 aromatic rings. The molecule has 1 unspecified atom stereocenters. The molecule has 1 aromatic carbocycles. The summed E-state index contributed by atoms with van der Waals surface area (Å²) in [6.45, 7) is 0. The lowest BCUT2D eigenvalue weighted by Crippen LogP contribution is -2.15. The molecule has 3 heteroatoms. The first-order valence-electron chi connectivity index (χ1n) is 4.42. The molecule has 0 aliphatic heterocycles. The van der Waals surface area contributed by atoms with Gasteiger partial charge in [0.1, 0.15) is 5.92 Å². The van der Waals surface area contributed by atoms with Crippen molar-refractivity contribution in [2.45, 2.75) is 0 Å². The maximum absolute atomic E-state index is 11.7. The Hall–Kier alpha value is -2.39. The van der Waals surface area contributed by atoms with Crippen molar-refractivity contribution in [2.24, 2.45) is 5.92 Å². The van der Waals surface area contributed by atoms with Crippen LogP contribution in [0.3, 0.4) is 0 Å². The Morgan fingerprint density at radius 2 is 2.07 bits per heavy atom. The molecule has 15 heavy (non-hydrogen) atoms. The SMILES string of the molecule is N#Cc1ccc2c(c1)C(=O)C(C#N)C=C2. The maximum Gasteiger partial charge on any atom is 0.184 e. The fraction of sp³-hybridized carbons (Fsp3) is 0.0833. The monoisotopic (exact) mass is 194 g/mol. The van der Waals surface area contributed by atoms with E-state index < -0.39 is 5.92 Å². The largest absolute Gasteiger partial charge is 0.292 e. The van der Waals surface area contributed by atoms with Crippen LogP contribution in [-0.4, -0.2) is 5.78 Å². The summed E-state index contributed by atoms with van der Waals surface area (Å²) in [6.07, 6.45) is 3.32. The van der Waals surface area contributed by atoms with Crippen LogP contribution in [-0.2, 0) is 0 Å². The summed E-state index contributed by atoms with van der Waals surface area (Å²) in [5.74, 6) is -0.946. The van der Waals surface area contributed by atoms with Crippen LogP contribution in [0.1, 0.15) is 21.5 Å². The van der Waals surface area contributed by atoms with Gasteiger partial charge in [-0.2, -0.15) is 10.5 Å². The van der Waals surface area contributed by atoms with Gasteiger partial charge in [-0.25, -0.2) is 0 Å². The lowest BCUT2D eigenvalue weighted by atomic mass is 9.88. The van der Waals surface area contributed by atoms with E-state index in [0.717, 1.165) is 5.56 Å². The van der Waals surface area contributed by atoms with Gasteiger partial charge in [-0.1, -0.05) is 18.2 Å². The van der Waals surface area contributed by atoms with Gasteiger partial charge in [0, 0.05) is 5.56 Å². The smallest absolute Gasteiger partial charge is 0.184 e. The fourth-order valence-electron chi connectivity index (χ4n) is 1.54. The van der Waals surface area contributed by atoms with Gasteiger partial charge < -0.3 is 0 Å². The minimum Gasteiger partial charge on any atom is -0.292 e. The summed E-state index contributed by atoms with van der Waals surface area (Å²) >= 11 is 0. The molecule has 3 nitrogen and oxygen atoms in total. The number of hydrogen-bond acceptors (Lipinski definition) is 3. The second kappa shape index (κ2) is 3.40. The van der Waals surface area contributed by atoms with Crippen LogP contribution in [0.15, 0.2) is 24.3 Å². The van der Waals surface area contributed by atoms with E-state index in [1.165, 1.54) is 6.07 Å². The topological polar surface area (TPSA) is 64.7 Å². The molecule has 0 aromatic heterocycles. The molecular weight excluding hydrogens is 188 g/mol. The number of benzene rings is 1. The fourth-order valence-corrected chi connectivity index (χ4v) is 1.54. The van der Waals surface area contributed by atoms with E-state index in [1.54, 1.807) is 24.3 Å². The van der Waals surface area contributed by atoms with Crippen LogP contribution in [0.5, 0.6) is 0 Å². The van der Waals surface area contributed by atoms with E-state index in [-0.39, 0.29) is 5.78 Å². The van der Waals surface area contributed by atoms with E-state index in [0.29, 0.717) is 11.1 Å². The molecule has 2 rings (SSSR count). The van der Waals surface area contributed by atoms with Crippen LogP contribution < -0.4 is 0 Å². The number of Topliss-reactive ketones (excluding diaryl/α,β-unsaturated/α-hetero) is 1. The van der Waals surface area contributed by atoms with Crippen LogP contribution in [0.4, 0.5) is 0 Å². The summed E-state index contributed by atoms with van der Waals surface area (Å²) < 4.78 is 0. The Morgan fingerprint density at radius 1 is 1.27 bits per heavy atom. The van der Waals surface area contributed by atoms with Gasteiger partial charge in [-0.3, -0.25) is 4.79 Å². The molecule has 0 saturated heterocycles. The summed E-state index contributed by atoms with van der Waals surface area (Å²) in [6, 6.07) is 8.79. The molecule has 0 spiro atoms. The lowest BCUT2D eigenvalue weighted by molar-refractivity contribution is 0.0966. The van der Waals surface area contributed by atoms with Crippen LogP contribution >= 0.6 is 0 Å². The number of allylic oxidation sites excluding steroid dienone is 1. The predicted octanol–water partition coefficient (Wildman–Crippen LogP) is 1.91. The highest BCUT2D eigenvalue weighted by molar-refractivity contribution is 6.06. The third-order valence-corrected chi connectivity index (χ3v) is 2.34. The first-order chi connectivity index (χ1) is 7.26. The average Bonchev–Trinajstić information content (AvgIpc) is 2.29. The summed E-state index contributed by atoms with van der Waals surface area (Å²) in [4.78, 5) is 11.7. The summed E-state index contributed by atoms with van der Waals surface area (Å²) in [5, 5.41) is 17.4. The van der Waals surface area contributed by atoms with E-state index >= 15 is 0 Å². The Kier molecular flexibility index (Phi) is 2.08. The first-order valence-corrected chi connectivity index (χ1v) is 4.42. The molecule has 0 heterocycles. The Morgan fingerprint density at radius 3 is 2.73 bits per heavy atom. The van der Waals surface area contributed by atoms with E-state index in [9.17, 15) is 4.79 Å². The number of carbonyl (C=O) groups excluding carboxylic acids is 1. The molecule has 0 saturated carbocycles. The zero-order chi connectivity index (χ0) is 10.8. The molecule has 0 bridgehead atoms. The molecule has 0 fully saturated rings. The number of fused-ring (bicyclic) bond motifs is 1. The van der Waals surface area contributed by atoms with E-state index in [1.807, 2.05) is 12.1 Å². The highest BCUT2D eigenvalue weighted by atomic mass is 16.1. The standard InChI is InChI=1S/C12H6N2O/c13-6-8-1-2-9-3-4-10(7-14)12(15)11(9)5-8/h1-5,10H. The van der Waals surface area contributed by atoms with Crippen molar-refractivity contribution in [2.75, 3.05) is 0 Å². The molecule has 70 valence electrons. The van der Waals surface area contributed by atoms with E-state index in [2.05, 4.69) is 0 Å². The van der Waals surface area contributed by atoms with Crippen molar-refractivity contribution in [3.63, 3.8) is 0 Å². The van der Waals surface area contributed by atoms with Gasteiger partial charge in [0.2, 0.25) is 0 Å². The first kappa shape index (κ1) is 9.18. The molecule has 1 aliphatic carbocycles. The second-order valence-corrected chi connectivity index (χ2v) is 3.24. The van der Waals surface area contributed by atoms with Crippen LogP contribution in [0.25, 0.3) is 6.08 Å². The minimum atomic E-state index is -0.716. The normalized spacial score (nSPS) is 17.7. The van der Waals surface area contributed by atoms with Crippen molar-refractivity contribution < 1.29 is 4.79 Å². The molecule has 1 aliphatic rings. The van der Waals surface area contributed by atoms with Crippen LogP contribution in [0, 0.1) is 28.6 Å². The Balaban J connectivity index is 2.59. The predicted molar refractivity (Wildman–Crippen MR) is 53.6 cm³/mol. The van der Waals surface area contributed by atoms with Crippen molar-refractivity contribution >= 4 is 11.9 Å². The van der Waals surface area contributed by atoms with Gasteiger partial charge in [0.25, 0.3) is 0 Å². The minimum absolute atomic E-state index is 0.230. The quantitative estimate of drug-likeness (QED) is 0.633. The summed E-state index contributed by atoms with van der Waals surface area (Å²) in [7, 11) is 0. The number of hydrogen-bond donors (Lipinski definition) is 0. The van der Waals surface area contributed by atoms with Crippen molar-refractivity contribution in [3.05, 3.63) is 41.0 Å². The average molecular weight is 194 g/mol.